The van der Waals surface area contributed by atoms with Gasteiger partial charge in [-0.15, -0.1) is 0 Å². The highest BCUT2D eigenvalue weighted by Crippen LogP contribution is 2.21. The Morgan fingerprint density at radius 2 is 1.92 bits per heavy atom. The van der Waals surface area contributed by atoms with E-state index in [0.29, 0.717) is 29.4 Å². The van der Waals surface area contributed by atoms with Gasteiger partial charge >= 0.3 is 0 Å². The number of aromatic nitrogens is 2. The molecule has 3 aromatic rings. The number of methoxy groups -OCH3 is 1. The first kappa shape index (κ1) is 18.1. The molecular formula is C18H19N3O4S. The number of hydrogen-bond donors (Lipinski definition) is 1. The van der Waals surface area contributed by atoms with Crippen LogP contribution in [0.4, 0.5) is 0 Å². The molecule has 0 radical (unpaired) electrons. The van der Waals surface area contributed by atoms with E-state index < -0.39 is 10.0 Å². The summed E-state index contributed by atoms with van der Waals surface area (Å²) in [6.07, 6.45) is 0.300. The Morgan fingerprint density at radius 3 is 2.62 bits per heavy atom. The van der Waals surface area contributed by atoms with Crippen molar-refractivity contribution in [1.82, 2.24) is 14.9 Å². The average Bonchev–Trinajstić information content (AvgIpc) is 3.11. The summed E-state index contributed by atoms with van der Waals surface area (Å²) in [5.41, 5.74) is 1.46. The minimum absolute atomic E-state index is 0.157. The maximum atomic E-state index is 12.5. The largest absolute Gasteiger partial charge is 0.497 e. The van der Waals surface area contributed by atoms with Crippen LogP contribution in [0.3, 0.4) is 0 Å². The highest BCUT2D eigenvalue weighted by Gasteiger charge is 2.17. The first-order valence-corrected chi connectivity index (χ1v) is 9.50. The molecule has 1 heterocycles. The Kier molecular flexibility index (Phi) is 5.34. The van der Waals surface area contributed by atoms with Crippen molar-refractivity contribution in [2.45, 2.75) is 18.2 Å². The molecular weight excluding hydrogens is 354 g/mol. The topological polar surface area (TPSA) is 94.3 Å². The zero-order valence-corrected chi connectivity index (χ0v) is 15.3. The molecule has 3 rings (SSSR count). The Hall–Kier alpha value is -2.71. The van der Waals surface area contributed by atoms with Crippen molar-refractivity contribution in [2.24, 2.45) is 0 Å². The molecule has 0 saturated heterocycles. The van der Waals surface area contributed by atoms with Crippen LogP contribution in [0.1, 0.15) is 11.5 Å². The zero-order valence-electron chi connectivity index (χ0n) is 14.5. The molecule has 136 valence electrons. The molecule has 0 spiro atoms. The summed E-state index contributed by atoms with van der Waals surface area (Å²) in [6.45, 7) is 1.88. The summed E-state index contributed by atoms with van der Waals surface area (Å²) in [4.78, 5) is 4.50. The van der Waals surface area contributed by atoms with Gasteiger partial charge in [0.25, 0.3) is 0 Å². The third kappa shape index (κ3) is 4.09. The van der Waals surface area contributed by atoms with E-state index in [1.54, 1.807) is 19.1 Å². The van der Waals surface area contributed by atoms with E-state index in [4.69, 9.17) is 9.26 Å². The standard InChI is InChI=1S/C18H19N3O4S/c1-13-12-15(24-2)8-9-16(13)26(22,23)19-11-10-17-20-18(21-25-17)14-6-4-3-5-7-14/h3-9,12,19H,10-11H2,1-2H3. The number of nitrogens with one attached hydrogen (secondary N) is 1. The van der Waals surface area contributed by atoms with Gasteiger partial charge in [-0.25, -0.2) is 13.1 Å². The fourth-order valence-electron chi connectivity index (χ4n) is 2.48. The SMILES string of the molecule is COc1ccc(S(=O)(=O)NCCc2nc(-c3ccccc3)no2)c(C)c1. The molecule has 0 atom stereocenters. The average molecular weight is 373 g/mol. The van der Waals surface area contributed by atoms with Gasteiger partial charge in [0.1, 0.15) is 5.75 Å². The number of nitrogens with zero attached hydrogens (tertiary/aromatic N) is 2. The third-order valence-corrected chi connectivity index (χ3v) is 5.42. The van der Waals surface area contributed by atoms with Crippen molar-refractivity contribution in [3.63, 3.8) is 0 Å². The van der Waals surface area contributed by atoms with Gasteiger partial charge in [0.05, 0.1) is 12.0 Å². The van der Waals surface area contributed by atoms with Gasteiger partial charge in [-0.05, 0) is 30.7 Å². The van der Waals surface area contributed by atoms with Crippen molar-refractivity contribution >= 4 is 10.0 Å². The van der Waals surface area contributed by atoms with Gasteiger partial charge < -0.3 is 9.26 Å². The van der Waals surface area contributed by atoms with Crippen molar-refractivity contribution in [3.8, 4) is 17.1 Å². The van der Waals surface area contributed by atoms with Crippen molar-refractivity contribution < 1.29 is 17.7 Å². The second-order valence-electron chi connectivity index (χ2n) is 5.66. The lowest BCUT2D eigenvalue weighted by Crippen LogP contribution is -2.26. The first-order chi connectivity index (χ1) is 12.5. The van der Waals surface area contributed by atoms with Crippen LogP contribution in [0.2, 0.25) is 0 Å². The predicted molar refractivity (Wildman–Crippen MR) is 96.4 cm³/mol. The van der Waals surface area contributed by atoms with E-state index >= 15 is 0 Å². The van der Waals surface area contributed by atoms with Crippen molar-refractivity contribution in [1.29, 1.82) is 0 Å². The summed E-state index contributed by atoms with van der Waals surface area (Å²) >= 11 is 0. The quantitative estimate of drug-likeness (QED) is 0.684. The van der Waals surface area contributed by atoms with Crippen LogP contribution < -0.4 is 9.46 Å². The normalized spacial score (nSPS) is 11.5. The highest BCUT2D eigenvalue weighted by atomic mass is 32.2. The second kappa shape index (κ2) is 7.67. The van der Waals surface area contributed by atoms with Crippen molar-refractivity contribution in [3.05, 3.63) is 60.0 Å². The molecule has 0 bridgehead atoms. The number of sulfonamides is 1. The molecule has 1 N–H and O–H groups in total. The lowest BCUT2D eigenvalue weighted by molar-refractivity contribution is 0.379. The number of aryl methyl sites for hydroxylation is 1. The summed E-state index contributed by atoms with van der Waals surface area (Å²) in [5, 5.41) is 3.92. The molecule has 8 heteroatoms. The fraction of sp³-hybridized carbons (Fsp3) is 0.222. The molecule has 0 aliphatic heterocycles. The molecule has 0 amide bonds. The van der Waals surface area contributed by atoms with Crippen LogP contribution >= 0.6 is 0 Å². The first-order valence-electron chi connectivity index (χ1n) is 8.02. The molecule has 0 unspecified atom stereocenters. The molecule has 0 aliphatic carbocycles. The van der Waals surface area contributed by atoms with E-state index in [-0.39, 0.29) is 11.4 Å². The summed E-state index contributed by atoms with van der Waals surface area (Å²) in [6, 6.07) is 14.3. The highest BCUT2D eigenvalue weighted by molar-refractivity contribution is 7.89. The summed E-state index contributed by atoms with van der Waals surface area (Å²) < 4.78 is 37.7. The minimum atomic E-state index is -3.63. The molecule has 2 aromatic carbocycles. The smallest absolute Gasteiger partial charge is 0.240 e. The fourth-order valence-corrected chi connectivity index (χ4v) is 3.74. The van der Waals surface area contributed by atoms with Gasteiger partial charge in [-0.3, -0.25) is 0 Å². The van der Waals surface area contributed by atoms with Crippen LogP contribution in [0.15, 0.2) is 57.9 Å². The summed E-state index contributed by atoms with van der Waals surface area (Å²) in [5.74, 6) is 1.47. The van der Waals surface area contributed by atoms with E-state index in [2.05, 4.69) is 14.9 Å². The maximum absolute atomic E-state index is 12.5. The Morgan fingerprint density at radius 1 is 1.15 bits per heavy atom. The molecule has 0 saturated carbocycles. The van der Waals surface area contributed by atoms with Gasteiger partial charge in [0.15, 0.2) is 0 Å². The van der Waals surface area contributed by atoms with Crippen LogP contribution in [0.5, 0.6) is 5.75 Å². The number of rotatable bonds is 7. The Bertz CT molecular complexity index is 985. The lowest BCUT2D eigenvalue weighted by Gasteiger charge is -2.09. The van der Waals surface area contributed by atoms with E-state index in [1.165, 1.54) is 13.2 Å². The summed E-state index contributed by atoms with van der Waals surface area (Å²) in [7, 11) is -2.09. The molecule has 0 aliphatic rings. The van der Waals surface area contributed by atoms with E-state index in [9.17, 15) is 8.42 Å². The van der Waals surface area contributed by atoms with Gasteiger partial charge in [-0.1, -0.05) is 35.5 Å². The number of hydrogen-bond acceptors (Lipinski definition) is 6. The Labute approximate surface area is 152 Å². The number of ether oxygens (including phenoxy) is 1. The lowest BCUT2D eigenvalue weighted by atomic mass is 10.2. The van der Waals surface area contributed by atoms with Gasteiger partial charge in [-0.2, -0.15) is 4.98 Å². The number of benzene rings is 2. The third-order valence-electron chi connectivity index (χ3n) is 3.80. The van der Waals surface area contributed by atoms with Crippen LogP contribution in [0.25, 0.3) is 11.4 Å². The van der Waals surface area contributed by atoms with E-state index in [1.807, 2.05) is 30.3 Å². The second-order valence-corrected chi connectivity index (χ2v) is 7.39. The minimum Gasteiger partial charge on any atom is -0.497 e. The maximum Gasteiger partial charge on any atom is 0.240 e. The zero-order chi connectivity index (χ0) is 18.6. The predicted octanol–water partition coefficient (Wildman–Crippen LogP) is 2.57. The van der Waals surface area contributed by atoms with Crippen LogP contribution in [-0.2, 0) is 16.4 Å². The van der Waals surface area contributed by atoms with Crippen LogP contribution in [-0.4, -0.2) is 32.2 Å². The molecule has 7 nitrogen and oxygen atoms in total. The van der Waals surface area contributed by atoms with E-state index in [0.717, 1.165) is 5.56 Å². The molecule has 26 heavy (non-hydrogen) atoms. The molecule has 1 aromatic heterocycles. The van der Waals surface area contributed by atoms with Crippen LogP contribution in [0, 0.1) is 6.92 Å². The molecule has 0 fully saturated rings. The van der Waals surface area contributed by atoms with Gasteiger partial charge in [0.2, 0.25) is 21.7 Å². The Balaban J connectivity index is 1.63. The van der Waals surface area contributed by atoms with Crippen molar-refractivity contribution in [2.75, 3.05) is 13.7 Å². The monoisotopic (exact) mass is 373 g/mol. The van der Waals surface area contributed by atoms with Gasteiger partial charge in [0, 0.05) is 18.5 Å².